The van der Waals surface area contributed by atoms with Gasteiger partial charge in [0.2, 0.25) is 5.91 Å². The van der Waals surface area contributed by atoms with Crippen molar-refractivity contribution in [3.8, 4) is 5.69 Å². The molecule has 1 unspecified atom stereocenters. The molecule has 8 heteroatoms. The molecule has 0 N–H and O–H groups in total. The number of para-hydroxylation sites is 1. The number of carbonyl (C=O) groups excluding carboxylic acids is 3. The second kappa shape index (κ2) is 9.54. The zero-order valence-electron chi connectivity index (χ0n) is 18.7. The summed E-state index contributed by atoms with van der Waals surface area (Å²) >= 11 is 0. The minimum absolute atomic E-state index is 0.0403. The highest BCUT2D eigenvalue weighted by molar-refractivity contribution is 5.96. The Hall–Kier alpha value is -3.16. The number of hydrogen-bond donors (Lipinski definition) is 0. The van der Waals surface area contributed by atoms with Crippen LogP contribution >= 0.6 is 0 Å². The van der Waals surface area contributed by atoms with Gasteiger partial charge in [-0.2, -0.15) is 5.10 Å². The minimum Gasteiger partial charge on any atom is -0.466 e. The van der Waals surface area contributed by atoms with Crippen LogP contribution in [0.4, 0.5) is 0 Å². The molecule has 2 heterocycles. The summed E-state index contributed by atoms with van der Waals surface area (Å²) in [6.45, 7) is 3.01. The highest BCUT2D eigenvalue weighted by atomic mass is 16.5. The van der Waals surface area contributed by atoms with Crippen molar-refractivity contribution in [1.82, 2.24) is 19.6 Å². The van der Waals surface area contributed by atoms with Crippen molar-refractivity contribution >= 4 is 17.8 Å². The fraction of sp³-hybridized carbons (Fsp3) is 0.500. The third-order valence-electron chi connectivity index (χ3n) is 6.25. The predicted molar refractivity (Wildman–Crippen MR) is 118 cm³/mol. The van der Waals surface area contributed by atoms with Crippen LogP contribution in [0.3, 0.4) is 0 Å². The molecule has 1 atom stereocenters. The zero-order valence-corrected chi connectivity index (χ0v) is 18.7. The molecule has 1 aromatic heterocycles. The molecule has 8 nitrogen and oxygen atoms in total. The number of amides is 2. The van der Waals surface area contributed by atoms with Crippen molar-refractivity contribution in [2.75, 3.05) is 33.3 Å². The van der Waals surface area contributed by atoms with E-state index in [0.717, 1.165) is 49.0 Å². The molecule has 1 aliphatic heterocycles. The Morgan fingerprint density at radius 2 is 1.94 bits per heavy atom. The van der Waals surface area contributed by atoms with Gasteiger partial charge in [0.1, 0.15) is 0 Å². The molecule has 1 saturated heterocycles. The summed E-state index contributed by atoms with van der Waals surface area (Å²) < 4.78 is 6.98. The molecular weight excluding hydrogens is 408 g/mol. The standard InChI is InChI=1S/C24H30N4O4/c1-3-32-24(31)17-9-8-14-27(15-17)21(29)16-26(2)23(30)22-19-12-7-13-20(19)28(25-22)18-10-5-4-6-11-18/h4-6,10-11,17H,3,7-9,12-16H2,1-2H3. The molecule has 1 aliphatic carbocycles. The van der Waals surface area contributed by atoms with E-state index < -0.39 is 0 Å². The van der Waals surface area contributed by atoms with Gasteiger partial charge >= 0.3 is 5.97 Å². The normalized spacial score (nSPS) is 17.7. The average Bonchev–Trinajstić information content (AvgIpc) is 3.42. The zero-order chi connectivity index (χ0) is 22.7. The summed E-state index contributed by atoms with van der Waals surface area (Å²) in [5.74, 6) is -0.950. The first-order chi connectivity index (χ1) is 15.5. The molecule has 170 valence electrons. The lowest BCUT2D eigenvalue weighted by atomic mass is 9.98. The summed E-state index contributed by atoms with van der Waals surface area (Å²) in [4.78, 5) is 41.3. The number of aromatic nitrogens is 2. The molecular formula is C24H30N4O4. The summed E-state index contributed by atoms with van der Waals surface area (Å²) in [6, 6.07) is 9.80. The second-order valence-corrected chi connectivity index (χ2v) is 8.47. The molecule has 0 radical (unpaired) electrons. The maximum atomic E-state index is 13.2. The fourth-order valence-electron chi connectivity index (χ4n) is 4.60. The van der Waals surface area contributed by atoms with Crippen LogP contribution in [0, 0.1) is 5.92 Å². The van der Waals surface area contributed by atoms with Crippen molar-refractivity contribution in [1.29, 1.82) is 0 Å². The number of likely N-dealkylation sites (N-methyl/N-ethyl adjacent to an activating group) is 1. The first-order valence-electron chi connectivity index (χ1n) is 11.4. The van der Waals surface area contributed by atoms with E-state index in [1.807, 2.05) is 35.0 Å². The number of rotatable bonds is 6. The van der Waals surface area contributed by atoms with E-state index in [4.69, 9.17) is 4.74 Å². The van der Waals surface area contributed by atoms with Crippen LogP contribution in [0.5, 0.6) is 0 Å². The van der Waals surface area contributed by atoms with Crippen LogP contribution in [0.15, 0.2) is 30.3 Å². The highest BCUT2D eigenvalue weighted by Gasteiger charge is 2.32. The molecule has 4 rings (SSSR count). The number of esters is 1. The lowest BCUT2D eigenvalue weighted by Gasteiger charge is -2.32. The van der Waals surface area contributed by atoms with Crippen LogP contribution in [0.1, 0.15) is 47.9 Å². The van der Waals surface area contributed by atoms with Crippen LogP contribution in [-0.4, -0.2) is 70.7 Å². The average molecular weight is 439 g/mol. The van der Waals surface area contributed by atoms with Gasteiger partial charge < -0.3 is 14.5 Å². The third-order valence-corrected chi connectivity index (χ3v) is 6.25. The molecule has 32 heavy (non-hydrogen) atoms. The quantitative estimate of drug-likeness (QED) is 0.646. The van der Waals surface area contributed by atoms with Crippen LogP contribution < -0.4 is 0 Å². The molecule has 0 spiro atoms. The molecule has 1 aromatic carbocycles. The monoisotopic (exact) mass is 438 g/mol. The van der Waals surface area contributed by atoms with Crippen molar-refractivity contribution in [3.05, 3.63) is 47.3 Å². The summed E-state index contributed by atoms with van der Waals surface area (Å²) in [5, 5.41) is 4.64. The minimum atomic E-state index is -0.293. The Kier molecular flexibility index (Phi) is 6.58. The molecule has 2 aliphatic rings. The summed E-state index contributed by atoms with van der Waals surface area (Å²) in [7, 11) is 1.63. The van der Waals surface area contributed by atoms with Gasteiger partial charge in [-0.05, 0) is 51.2 Å². The number of nitrogens with zero attached hydrogens (tertiary/aromatic N) is 4. The van der Waals surface area contributed by atoms with Gasteiger partial charge in [0.15, 0.2) is 5.69 Å². The number of likely N-dealkylation sites (tertiary alicyclic amines) is 1. The number of piperidine rings is 1. The smallest absolute Gasteiger partial charge is 0.310 e. The van der Waals surface area contributed by atoms with Crippen molar-refractivity contribution < 1.29 is 19.1 Å². The van der Waals surface area contributed by atoms with E-state index in [1.54, 1.807) is 18.9 Å². The third kappa shape index (κ3) is 4.40. The predicted octanol–water partition coefficient (Wildman–Crippen LogP) is 2.23. The van der Waals surface area contributed by atoms with Gasteiger partial charge in [-0.1, -0.05) is 18.2 Å². The molecule has 0 saturated carbocycles. The summed E-state index contributed by atoms with van der Waals surface area (Å²) in [6.07, 6.45) is 4.17. The molecule has 2 amide bonds. The number of fused-ring (bicyclic) bond motifs is 1. The van der Waals surface area contributed by atoms with E-state index in [0.29, 0.717) is 25.4 Å². The Morgan fingerprint density at radius 1 is 1.16 bits per heavy atom. The van der Waals surface area contributed by atoms with Gasteiger partial charge in [-0.15, -0.1) is 0 Å². The largest absolute Gasteiger partial charge is 0.466 e. The van der Waals surface area contributed by atoms with Crippen LogP contribution in [0.25, 0.3) is 5.69 Å². The topological polar surface area (TPSA) is 84.7 Å². The Balaban J connectivity index is 1.45. The molecule has 0 bridgehead atoms. The van der Waals surface area contributed by atoms with Crippen molar-refractivity contribution in [2.45, 2.75) is 39.0 Å². The first-order valence-corrected chi connectivity index (χ1v) is 11.4. The number of carbonyl (C=O) groups is 3. The number of ether oxygens (including phenoxy) is 1. The molecule has 1 fully saturated rings. The summed E-state index contributed by atoms with van der Waals surface area (Å²) in [5.41, 5.74) is 3.42. The van der Waals surface area contributed by atoms with Crippen LogP contribution in [0.2, 0.25) is 0 Å². The first kappa shape index (κ1) is 22.0. The van der Waals surface area contributed by atoms with Crippen molar-refractivity contribution in [2.24, 2.45) is 5.92 Å². The van der Waals surface area contributed by atoms with Gasteiger partial charge in [-0.25, -0.2) is 4.68 Å². The van der Waals surface area contributed by atoms with Gasteiger partial charge in [-0.3, -0.25) is 14.4 Å². The second-order valence-electron chi connectivity index (χ2n) is 8.47. The Labute approximate surface area is 188 Å². The van der Waals surface area contributed by atoms with E-state index in [1.165, 1.54) is 4.90 Å². The number of benzene rings is 1. The number of hydrogen-bond acceptors (Lipinski definition) is 5. The van der Waals surface area contributed by atoms with E-state index >= 15 is 0 Å². The van der Waals surface area contributed by atoms with E-state index in [2.05, 4.69) is 5.10 Å². The van der Waals surface area contributed by atoms with E-state index in [9.17, 15) is 14.4 Å². The maximum absolute atomic E-state index is 13.2. The van der Waals surface area contributed by atoms with Gasteiger partial charge in [0.05, 0.1) is 24.8 Å². The van der Waals surface area contributed by atoms with Crippen molar-refractivity contribution in [3.63, 3.8) is 0 Å². The fourth-order valence-corrected chi connectivity index (χ4v) is 4.60. The maximum Gasteiger partial charge on any atom is 0.310 e. The SMILES string of the molecule is CCOC(=O)C1CCCN(C(=O)CN(C)C(=O)c2nn(-c3ccccc3)c3c2CCC3)C1. The van der Waals surface area contributed by atoms with Gasteiger partial charge in [0, 0.05) is 31.4 Å². The lowest BCUT2D eigenvalue weighted by molar-refractivity contribution is -0.151. The van der Waals surface area contributed by atoms with Crippen LogP contribution in [-0.2, 0) is 27.2 Å². The highest BCUT2D eigenvalue weighted by Crippen LogP contribution is 2.28. The van der Waals surface area contributed by atoms with E-state index in [-0.39, 0.29) is 30.2 Å². The Morgan fingerprint density at radius 3 is 2.69 bits per heavy atom. The molecule has 2 aromatic rings. The Bertz CT molecular complexity index is 1000. The van der Waals surface area contributed by atoms with Gasteiger partial charge in [0.25, 0.3) is 5.91 Å². The lowest BCUT2D eigenvalue weighted by Crippen LogP contribution is -2.47.